The van der Waals surface area contributed by atoms with Gasteiger partial charge in [0.05, 0.1) is 32.1 Å². The Bertz CT molecular complexity index is 1310. The maximum Gasteiger partial charge on any atom is 0.303 e. The molecule has 170 valence electrons. The van der Waals surface area contributed by atoms with Crippen molar-refractivity contribution in [1.82, 2.24) is 0 Å². The van der Waals surface area contributed by atoms with Crippen molar-refractivity contribution >= 4 is 39.1 Å². The van der Waals surface area contributed by atoms with Crippen LogP contribution in [0.5, 0.6) is 5.75 Å². The fraction of sp³-hybridized carbons (Fsp3) is 0.333. The van der Waals surface area contributed by atoms with Gasteiger partial charge in [0.1, 0.15) is 17.1 Å². The van der Waals surface area contributed by atoms with Crippen LogP contribution in [0.15, 0.2) is 38.9 Å². The molecule has 33 heavy (non-hydrogen) atoms. The van der Waals surface area contributed by atoms with E-state index in [0.717, 1.165) is 11.1 Å². The molecule has 0 atom stereocenters. The second kappa shape index (κ2) is 9.27. The van der Waals surface area contributed by atoms with Gasteiger partial charge in [-0.2, -0.15) is 0 Å². The highest BCUT2D eigenvalue weighted by Crippen LogP contribution is 2.40. The number of morpholine rings is 1. The van der Waals surface area contributed by atoms with Gasteiger partial charge in [0.2, 0.25) is 5.43 Å². The molecule has 2 aliphatic heterocycles. The Kier molecular flexibility index (Phi) is 6.05. The molecule has 8 nitrogen and oxygen atoms in total. The van der Waals surface area contributed by atoms with E-state index in [-0.39, 0.29) is 24.4 Å². The lowest BCUT2D eigenvalue weighted by Crippen LogP contribution is -2.37. The first-order chi connectivity index (χ1) is 16.2. The molecule has 3 aromatic rings. The summed E-state index contributed by atoms with van der Waals surface area (Å²) in [5.74, 6) is 6.04. The molecule has 1 aromatic carbocycles. The number of fused-ring (bicyclic) bond motifs is 2. The number of rotatable bonds is 3. The standard InChI is InChI=1S/C24H22N2O6S/c27-9-2-1-3-21(29)26-8-12-31-20-5-4-16(13-18(20)26)17-15-33-24-19(28)14-22(32-23(17)24)25-6-10-30-11-7-25/h4-5,13-15,27H,2,6-12H2. The van der Waals surface area contributed by atoms with Gasteiger partial charge in [0.25, 0.3) is 0 Å². The number of aliphatic hydroxyl groups is 1. The van der Waals surface area contributed by atoms with Crippen LogP contribution in [0.4, 0.5) is 11.6 Å². The van der Waals surface area contributed by atoms with Crippen molar-refractivity contribution in [2.75, 3.05) is 55.9 Å². The molecule has 5 rings (SSSR count). The predicted octanol–water partition coefficient (Wildman–Crippen LogP) is 2.47. The molecule has 1 amide bonds. The maximum absolute atomic E-state index is 12.8. The molecule has 0 aliphatic carbocycles. The van der Waals surface area contributed by atoms with Gasteiger partial charge in [-0.15, -0.1) is 11.3 Å². The van der Waals surface area contributed by atoms with Gasteiger partial charge >= 0.3 is 5.91 Å². The maximum atomic E-state index is 12.8. The molecule has 2 aliphatic rings. The molecule has 9 heteroatoms. The van der Waals surface area contributed by atoms with Gasteiger partial charge in [-0.1, -0.05) is 12.0 Å². The first-order valence-electron chi connectivity index (χ1n) is 10.7. The zero-order valence-corrected chi connectivity index (χ0v) is 18.7. The number of thiophene rings is 1. The Morgan fingerprint density at radius 2 is 2.00 bits per heavy atom. The number of anilines is 2. The molecule has 1 saturated heterocycles. The molecule has 0 spiro atoms. The molecule has 0 bridgehead atoms. The Morgan fingerprint density at radius 1 is 1.15 bits per heavy atom. The SMILES string of the molecule is O=C(C#CCCO)N1CCOc2ccc(-c3csc4c(=O)cc(N5CCOCC5)oc34)cc21. The van der Waals surface area contributed by atoms with Crippen molar-refractivity contribution in [1.29, 1.82) is 0 Å². The number of amides is 1. The molecule has 4 heterocycles. The minimum Gasteiger partial charge on any atom is -0.490 e. The fourth-order valence-electron chi connectivity index (χ4n) is 3.93. The number of nitrogens with zero attached hydrogens (tertiary/aromatic N) is 2. The topological polar surface area (TPSA) is 92.5 Å². The Labute approximate surface area is 193 Å². The summed E-state index contributed by atoms with van der Waals surface area (Å²) in [5, 5.41) is 10.8. The quantitative estimate of drug-likeness (QED) is 0.593. The molecule has 0 saturated carbocycles. The predicted molar refractivity (Wildman–Crippen MR) is 126 cm³/mol. The summed E-state index contributed by atoms with van der Waals surface area (Å²) in [7, 11) is 0. The zero-order valence-electron chi connectivity index (χ0n) is 17.8. The highest BCUT2D eigenvalue weighted by molar-refractivity contribution is 7.17. The first-order valence-corrected chi connectivity index (χ1v) is 11.6. The molecule has 0 unspecified atom stereocenters. The van der Waals surface area contributed by atoms with Crippen molar-refractivity contribution < 1.29 is 23.8 Å². The molecular weight excluding hydrogens is 444 g/mol. The lowest BCUT2D eigenvalue weighted by Gasteiger charge is -2.28. The van der Waals surface area contributed by atoms with E-state index in [1.807, 2.05) is 28.5 Å². The number of ether oxygens (including phenoxy) is 2. The highest BCUT2D eigenvalue weighted by Gasteiger charge is 2.25. The number of benzene rings is 1. The number of hydrogen-bond donors (Lipinski definition) is 1. The van der Waals surface area contributed by atoms with Crippen LogP contribution in [0.3, 0.4) is 0 Å². The van der Waals surface area contributed by atoms with Crippen LogP contribution in [-0.4, -0.2) is 57.1 Å². The highest BCUT2D eigenvalue weighted by atomic mass is 32.1. The van der Waals surface area contributed by atoms with E-state index in [1.165, 1.54) is 11.3 Å². The normalized spacial score (nSPS) is 15.5. The summed E-state index contributed by atoms with van der Waals surface area (Å²) >= 11 is 1.34. The second-order valence-electron chi connectivity index (χ2n) is 7.62. The first kappa shape index (κ1) is 21.5. The van der Waals surface area contributed by atoms with Crippen molar-refractivity contribution in [3.8, 4) is 28.7 Å². The number of hydrogen-bond acceptors (Lipinski definition) is 8. The van der Waals surface area contributed by atoms with E-state index in [4.69, 9.17) is 19.0 Å². The summed E-state index contributed by atoms with van der Waals surface area (Å²) in [6.45, 7) is 3.18. The third-order valence-electron chi connectivity index (χ3n) is 5.56. The Morgan fingerprint density at radius 3 is 2.82 bits per heavy atom. The van der Waals surface area contributed by atoms with E-state index in [9.17, 15) is 9.59 Å². The molecular formula is C24H22N2O6S. The number of carbonyl (C=O) groups is 1. The number of carbonyl (C=O) groups excluding carboxylic acids is 1. The van der Waals surface area contributed by atoms with Gasteiger partial charge in [0, 0.05) is 36.5 Å². The fourth-order valence-corrected chi connectivity index (χ4v) is 4.84. The van der Waals surface area contributed by atoms with Gasteiger partial charge in [-0.3, -0.25) is 14.5 Å². The largest absolute Gasteiger partial charge is 0.490 e. The van der Waals surface area contributed by atoms with Crippen LogP contribution in [0.25, 0.3) is 21.4 Å². The molecule has 1 fully saturated rings. The summed E-state index contributed by atoms with van der Waals surface area (Å²) in [4.78, 5) is 29.0. The third kappa shape index (κ3) is 4.20. The van der Waals surface area contributed by atoms with E-state index in [0.29, 0.717) is 67.1 Å². The molecule has 2 aromatic heterocycles. The smallest absolute Gasteiger partial charge is 0.303 e. The summed E-state index contributed by atoms with van der Waals surface area (Å²) in [6.07, 6.45) is 0.244. The Hall–Kier alpha value is -3.32. The average molecular weight is 467 g/mol. The van der Waals surface area contributed by atoms with E-state index in [2.05, 4.69) is 11.8 Å². The van der Waals surface area contributed by atoms with Crippen molar-refractivity contribution in [3.05, 3.63) is 39.9 Å². The van der Waals surface area contributed by atoms with Gasteiger partial charge < -0.3 is 23.9 Å². The van der Waals surface area contributed by atoms with Crippen LogP contribution < -0.4 is 20.0 Å². The van der Waals surface area contributed by atoms with Gasteiger partial charge in [-0.05, 0) is 23.6 Å². The zero-order chi connectivity index (χ0) is 22.8. The summed E-state index contributed by atoms with van der Waals surface area (Å²) in [5.41, 5.74) is 2.67. The van der Waals surface area contributed by atoms with Crippen LogP contribution in [0.2, 0.25) is 0 Å². The number of aliphatic hydroxyl groups excluding tert-OH is 1. The van der Waals surface area contributed by atoms with Crippen LogP contribution in [0.1, 0.15) is 6.42 Å². The summed E-state index contributed by atoms with van der Waals surface area (Å²) < 4.78 is 17.9. The minimum atomic E-state index is -0.346. The second-order valence-corrected chi connectivity index (χ2v) is 8.50. The molecule has 1 N–H and O–H groups in total. The monoisotopic (exact) mass is 466 g/mol. The summed E-state index contributed by atoms with van der Waals surface area (Å²) in [6, 6.07) is 7.12. The Balaban J connectivity index is 1.55. The van der Waals surface area contributed by atoms with E-state index < -0.39 is 0 Å². The van der Waals surface area contributed by atoms with Crippen LogP contribution in [0, 0.1) is 11.8 Å². The minimum absolute atomic E-state index is 0.0775. The van der Waals surface area contributed by atoms with Crippen LogP contribution >= 0.6 is 11.3 Å². The van der Waals surface area contributed by atoms with Gasteiger partial charge in [0.15, 0.2) is 11.5 Å². The lowest BCUT2D eigenvalue weighted by atomic mass is 10.1. The van der Waals surface area contributed by atoms with Crippen molar-refractivity contribution in [2.45, 2.75) is 6.42 Å². The third-order valence-corrected chi connectivity index (χ3v) is 6.54. The average Bonchev–Trinajstić information content (AvgIpc) is 3.28. The van der Waals surface area contributed by atoms with Crippen LogP contribution in [-0.2, 0) is 9.53 Å². The van der Waals surface area contributed by atoms with Crippen molar-refractivity contribution in [2.24, 2.45) is 0 Å². The van der Waals surface area contributed by atoms with Crippen molar-refractivity contribution in [3.63, 3.8) is 0 Å². The molecule has 0 radical (unpaired) electrons. The lowest BCUT2D eigenvalue weighted by molar-refractivity contribution is -0.113. The van der Waals surface area contributed by atoms with E-state index in [1.54, 1.807) is 11.0 Å². The van der Waals surface area contributed by atoms with Gasteiger partial charge in [-0.25, -0.2) is 0 Å². The van der Waals surface area contributed by atoms with E-state index >= 15 is 0 Å².